The molecule has 1 aromatic carbocycles. The molecule has 0 aromatic heterocycles. The third-order valence-electron chi connectivity index (χ3n) is 3.47. The highest BCUT2D eigenvalue weighted by atomic mass is 16.4. The highest BCUT2D eigenvalue weighted by Gasteiger charge is 2.26. The lowest BCUT2D eigenvalue weighted by atomic mass is 10.1. The Morgan fingerprint density at radius 3 is 2.24 bits per heavy atom. The van der Waals surface area contributed by atoms with Crippen molar-refractivity contribution < 1.29 is 24.6 Å². The minimum absolute atomic E-state index is 0.0585. The minimum Gasteiger partial charge on any atom is -0.480 e. The second kappa shape index (κ2) is 9.63. The molecule has 0 saturated heterocycles. The van der Waals surface area contributed by atoms with Gasteiger partial charge >= 0.3 is 12.0 Å². The van der Waals surface area contributed by atoms with Crippen LogP contribution in [0, 0.1) is 5.92 Å². The van der Waals surface area contributed by atoms with Gasteiger partial charge in [-0.25, -0.2) is 9.59 Å². The first-order chi connectivity index (χ1) is 11.7. The molecule has 0 aliphatic rings. The number of hydrogen-bond donors (Lipinski definition) is 4. The van der Waals surface area contributed by atoms with Gasteiger partial charge in [-0.1, -0.05) is 44.2 Å². The summed E-state index contributed by atoms with van der Waals surface area (Å²) in [6.07, 6.45) is -1.39. The van der Waals surface area contributed by atoms with Crippen molar-refractivity contribution in [1.82, 2.24) is 10.2 Å². The summed E-state index contributed by atoms with van der Waals surface area (Å²) in [5.74, 6) is -2.05. The van der Waals surface area contributed by atoms with Gasteiger partial charge in [0.05, 0.1) is 6.54 Å². The second-order valence-corrected chi connectivity index (χ2v) is 6.25. The van der Waals surface area contributed by atoms with Crippen LogP contribution in [0.1, 0.15) is 19.4 Å². The van der Waals surface area contributed by atoms with E-state index in [0.717, 1.165) is 5.56 Å². The van der Waals surface area contributed by atoms with E-state index in [-0.39, 0.29) is 25.4 Å². The largest absolute Gasteiger partial charge is 0.480 e. The van der Waals surface area contributed by atoms with E-state index in [1.807, 2.05) is 19.9 Å². The van der Waals surface area contributed by atoms with Crippen LogP contribution >= 0.6 is 0 Å². The summed E-state index contributed by atoms with van der Waals surface area (Å²) in [4.78, 5) is 36.1. The number of nitrogens with two attached hydrogens (primary N) is 1. The van der Waals surface area contributed by atoms with Crippen molar-refractivity contribution in [2.75, 3.05) is 13.1 Å². The topological polar surface area (TPSA) is 133 Å². The fraction of sp³-hybridized carbons (Fsp3) is 0.471. The summed E-state index contributed by atoms with van der Waals surface area (Å²) in [6, 6.07) is 7.12. The first-order valence-corrected chi connectivity index (χ1v) is 8.00. The van der Waals surface area contributed by atoms with E-state index in [1.165, 1.54) is 4.90 Å². The molecule has 138 valence electrons. The zero-order valence-electron chi connectivity index (χ0n) is 14.4. The Kier molecular flexibility index (Phi) is 7.87. The van der Waals surface area contributed by atoms with Crippen LogP contribution in [-0.2, 0) is 16.0 Å². The maximum absolute atomic E-state index is 12.4. The standard InChI is InChI=1S/C17H25N3O5/c1-11(2)9-20(10-14(21)15(18)22)17(25)19-13(16(23)24)8-12-6-4-3-5-7-12/h3-7,11,13-14,21H,8-10H2,1-2H3,(H2,18,22)(H,19,25)(H,23,24)/t13-,14-/m0/s1. The Bertz CT molecular complexity index is 591. The van der Waals surface area contributed by atoms with Gasteiger partial charge < -0.3 is 26.2 Å². The third-order valence-corrected chi connectivity index (χ3v) is 3.47. The lowest BCUT2D eigenvalue weighted by molar-refractivity contribution is -0.139. The number of primary amides is 1. The molecule has 5 N–H and O–H groups in total. The predicted molar refractivity (Wildman–Crippen MR) is 91.7 cm³/mol. The molecule has 1 rings (SSSR count). The molecule has 0 unspecified atom stereocenters. The van der Waals surface area contributed by atoms with Gasteiger partial charge in [-0.15, -0.1) is 0 Å². The fourth-order valence-corrected chi connectivity index (χ4v) is 2.27. The quantitative estimate of drug-likeness (QED) is 0.504. The Labute approximate surface area is 146 Å². The van der Waals surface area contributed by atoms with Gasteiger partial charge in [0.25, 0.3) is 0 Å². The van der Waals surface area contributed by atoms with Crippen molar-refractivity contribution in [3.8, 4) is 0 Å². The lowest BCUT2D eigenvalue weighted by Gasteiger charge is -2.28. The fourth-order valence-electron chi connectivity index (χ4n) is 2.27. The van der Waals surface area contributed by atoms with Gasteiger partial charge in [-0.2, -0.15) is 0 Å². The van der Waals surface area contributed by atoms with Gasteiger partial charge in [0, 0.05) is 13.0 Å². The number of rotatable bonds is 9. The normalized spacial score (nSPS) is 13.1. The number of nitrogens with one attached hydrogen (secondary N) is 1. The summed E-state index contributed by atoms with van der Waals surface area (Å²) in [6.45, 7) is 3.66. The molecular formula is C17H25N3O5. The molecule has 0 spiro atoms. The van der Waals surface area contributed by atoms with E-state index in [2.05, 4.69) is 5.32 Å². The van der Waals surface area contributed by atoms with Crippen LogP contribution in [-0.4, -0.2) is 58.3 Å². The van der Waals surface area contributed by atoms with Gasteiger partial charge in [-0.3, -0.25) is 4.79 Å². The van der Waals surface area contributed by atoms with Crippen molar-refractivity contribution >= 4 is 17.9 Å². The highest BCUT2D eigenvalue weighted by Crippen LogP contribution is 2.06. The minimum atomic E-state index is -1.51. The molecule has 2 atom stereocenters. The number of nitrogens with zero attached hydrogens (tertiary/aromatic N) is 1. The summed E-state index contributed by atoms with van der Waals surface area (Å²) in [7, 11) is 0. The third kappa shape index (κ3) is 7.21. The first kappa shape index (κ1) is 20.4. The Morgan fingerprint density at radius 1 is 1.16 bits per heavy atom. The summed E-state index contributed by atoms with van der Waals surface area (Å²) in [5.41, 5.74) is 5.79. The number of hydrogen-bond acceptors (Lipinski definition) is 4. The molecule has 0 fully saturated rings. The molecule has 1 aromatic rings. The molecule has 0 bridgehead atoms. The highest BCUT2D eigenvalue weighted by molar-refractivity contribution is 5.84. The lowest BCUT2D eigenvalue weighted by Crippen LogP contribution is -2.52. The zero-order chi connectivity index (χ0) is 19.0. The number of aliphatic carboxylic acids is 1. The van der Waals surface area contributed by atoms with Crippen LogP contribution in [0.25, 0.3) is 0 Å². The smallest absolute Gasteiger partial charge is 0.326 e. The van der Waals surface area contributed by atoms with E-state index < -0.39 is 30.1 Å². The van der Waals surface area contributed by atoms with Crippen molar-refractivity contribution in [3.63, 3.8) is 0 Å². The van der Waals surface area contributed by atoms with Crippen LogP contribution in [0.5, 0.6) is 0 Å². The van der Waals surface area contributed by atoms with Gasteiger partial charge in [0.2, 0.25) is 5.91 Å². The number of benzene rings is 1. The Morgan fingerprint density at radius 2 is 1.76 bits per heavy atom. The molecule has 3 amide bonds. The average Bonchev–Trinajstić information content (AvgIpc) is 2.53. The number of carbonyl (C=O) groups is 3. The Balaban J connectivity index is 2.82. The van der Waals surface area contributed by atoms with Crippen LogP contribution < -0.4 is 11.1 Å². The summed E-state index contributed by atoms with van der Waals surface area (Å²) in [5, 5.41) is 21.4. The monoisotopic (exact) mass is 351 g/mol. The van der Waals surface area contributed by atoms with Gasteiger partial charge in [0.1, 0.15) is 12.1 Å². The Hall–Kier alpha value is -2.61. The SMILES string of the molecule is CC(C)CN(C[C@H](O)C(N)=O)C(=O)N[C@@H](Cc1ccccc1)C(=O)O. The van der Waals surface area contributed by atoms with Crippen molar-refractivity contribution in [2.45, 2.75) is 32.4 Å². The molecule has 0 saturated carbocycles. The second-order valence-electron chi connectivity index (χ2n) is 6.25. The molecule has 8 nitrogen and oxygen atoms in total. The number of carbonyl (C=O) groups excluding carboxylic acids is 2. The van der Waals surface area contributed by atoms with Crippen LogP contribution in [0.2, 0.25) is 0 Å². The van der Waals surface area contributed by atoms with Crippen LogP contribution in [0.15, 0.2) is 30.3 Å². The van der Waals surface area contributed by atoms with E-state index >= 15 is 0 Å². The number of carboxylic acids is 1. The maximum Gasteiger partial charge on any atom is 0.326 e. The average molecular weight is 351 g/mol. The number of carboxylic acid groups (broad SMARTS) is 1. The van der Waals surface area contributed by atoms with Crippen molar-refractivity contribution in [2.24, 2.45) is 11.7 Å². The van der Waals surface area contributed by atoms with E-state index in [9.17, 15) is 24.6 Å². The summed E-state index contributed by atoms with van der Waals surface area (Å²) < 4.78 is 0. The van der Waals surface area contributed by atoms with Crippen LogP contribution in [0.4, 0.5) is 4.79 Å². The van der Waals surface area contributed by atoms with Crippen molar-refractivity contribution in [1.29, 1.82) is 0 Å². The number of urea groups is 1. The zero-order valence-corrected chi connectivity index (χ0v) is 14.4. The van der Waals surface area contributed by atoms with Gasteiger partial charge in [-0.05, 0) is 11.5 Å². The molecule has 25 heavy (non-hydrogen) atoms. The van der Waals surface area contributed by atoms with E-state index in [1.54, 1.807) is 24.3 Å². The number of aliphatic hydroxyl groups is 1. The molecule has 0 heterocycles. The summed E-state index contributed by atoms with van der Waals surface area (Å²) >= 11 is 0. The van der Waals surface area contributed by atoms with E-state index in [0.29, 0.717) is 0 Å². The molecule has 8 heteroatoms. The van der Waals surface area contributed by atoms with Crippen molar-refractivity contribution in [3.05, 3.63) is 35.9 Å². The molecule has 0 aliphatic carbocycles. The molecule has 0 radical (unpaired) electrons. The first-order valence-electron chi connectivity index (χ1n) is 8.00. The van der Waals surface area contributed by atoms with Gasteiger partial charge in [0.15, 0.2) is 0 Å². The van der Waals surface area contributed by atoms with E-state index in [4.69, 9.17) is 5.73 Å². The molecule has 0 aliphatic heterocycles. The maximum atomic E-state index is 12.4. The van der Waals surface area contributed by atoms with Crippen LogP contribution in [0.3, 0.4) is 0 Å². The number of aliphatic hydroxyl groups excluding tert-OH is 1. The molecular weight excluding hydrogens is 326 g/mol. The predicted octanol–water partition coefficient (Wildman–Crippen LogP) is 0.196. The number of amides is 3.